The van der Waals surface area contributed by atoms with Gasteiger partial charge < -0.3 is 20.1 Å². The molecule has 0 aliphatic carbocycles. The fourth-order valence-corrected chi connectivity index (χ4v) is 2.92. The molecule has 18 nitrogen and oxygen atoms in total. The molecule has 2 aromatic rings. The van der Waals surface area contributed by atoms with Crippen molar-refractivity contribution >= 4 is 46.1 Å². The molecule has 0 saturated heterocycles. The van der Waals surface area contributed by atoms with E-state index in [4.69, 9.17) is 9.47 Å². The standard InChI is InChI=1S/C20H20N6O12/c27-19(37-9-7-21-15-3-1-13(23(29)30)11-17(15)25(33)34)5-6-20(28)38-10-8-22-16-4-2-14(24(31)32)12-18(16)26(35)36/h1-4,11-12,21-22H,5-10H2. The molecule has 38 heavy (non-hydrogen) atoms. The van der Waals surface area contributed by atoms with Crippen LogP contribution in [0.1, 0.15) is 12.8 Å². The number of anilines is 2. The zero-order chi connectivity index (χ0) is 28.2. The number of hydrogen-bond donors (Lipinski definition) is 2. The number of nitro groups is 4. The first-order valence-corrected chi connectivity index (χ1v) is 10.6. The van der Waals surface area contributed by atoms with Crippen molar-refractivity contribution in [2.45, 2.75) is 12.8 Å². The van der Waals surface area contributed by atoms with Crippen molar-refractivity contribution in [1.82, 2.24) is 0 Å². The lowest BCUT2D eigenvalue weighted by Gasteiger charge is -2.09. The van der Waals surface area contributed by atoms with Gasteiger partial charge in [0.1, 0.15) is 24.6 Å². The summed E-state index contributed by atoms with van der Waals surface area (Å²) < 4.78 is 9.82. The summed E-state index contributed by atoms with van der Waals surface area (Å²) in [7, 11) is 0. The zero-order valence-electron chi connectivity index (χ0n) is 19.4. The van der Waals surface area contributed by atoms with Gasteiger partial charge in [0.15, 0.2) is 0 Å². The molecule has 202 valence electrons. The summed E-state index contributed by atoms with van der Waals surface area (Å²) in [4.78, 5) is 64.1. The predicted octanol–water partition coefficient (Wildman–Crippen LogP) is 2.71. The average molecular weight is 536 g/mol. The van der Waals surface area contributed by atoms with E-state index in [0.29, 0.717) is 0 Å². The molecule has 0 aromatic heterocycles. The highest BCUT2D eigenvalue weighted by atomic mass is 16.6. The molecule has 2 N–H and O–H groups in total. The Labute approximate surface area is 212 Å². The summed E-state index contributed by atoms with van der Waals surface area (Å²) in [5, 5.41) is 49.0. The first-order valence-electron chi connectivity index (χ1n) is 10.6. The van der Waals surface area contributed by atoms with Crippen LogP contribution >= 0.6 is 0 Å². The topological polar surface area (TPSA) is 249 Å². The largest absolute Gasteiger partial charge is 0.464 e. The number of rotatable bonds is 15. The van der Waals surface area contributed by atoms with E-state index in [1.54, 1.807) is 0 Å². The number of non-ortho nitro benzene ring substituents is 2. The Hall–Kier alpha value is -5.42. The van der Waals surface area contributed by atoms with Crippen molar-refractivity contribution in [3.05, 3.63) is 76.9 Å². The molecule has 0 atom stereocenters. The number of nitrogens with one attached hydrogen (secondary N) is 2. The lowest BCUT2D eigenvalue weighted by atomic mass is 10.2. The van der Waals surface area contributed by atoms with Crippen molar-refractivity contribution in [3.8, 4) is 0 Å². The van der Waals surface area contributed by atoms with Crippen LogP contribution in [-0.4, -0.2) is 57.9 Å². The van der Waals surface area contributed by atoms with E-state index >= 15 is 0 Å². The molecule has 0 fully saturated rings. The van der Waals surface area contributed by atoms with Crippen molar-refractivity contribution in [2.24, 2.45) is 0 Å². The van der Waals surface area contributed by atoms with Gasteiger partial charge in [-0.05, 0) is 12.1 Å². The van der Waals surface area contributed by atoms with Crippen LogP contribution in [0.4, 0.5) is 34.1 Å². The number of hydrogen-bond acceptors (Lipinski definition) is 14. The Morgan fingerprint density at radius 2 is 1.00 bits per heavy atom. The van der Waals surface area contributed by atoms with Crippen LogP contribution < -0.4 is 10.6 Å². The molecule has 0 aliphatic heterocycles. The number of nitro benzene ring substituents is 4. The first kappa shape index (κ1) is 28.8. The molecule has 0 aliphatic rings. The molecule has 0 saturated carbocycles. The van der Waals surface area contributed by atoms with Gasteiger partial charge in [-0.2, -0.15) is 0 Å². The minimum absolute atomic E-state index is 0.00658. The van der Waals surface area contributed by atoms with Crippen LogP contribution in [0.25, 0.3) is 0 Å². The summed E-state index contributed by atoms with van der Waals surface area (Å²) >= 11 is 0. The minimum Gasteiger partial charge on any atom is -0.464 e. The molecule has 0 bridgehead atoms. The SMILES string of the molecule is O=C(CCC(=O)OCCNc1ccc([N+](=O)[O-])cc1[N+](=O)[O-])OCCNc1ccc([N+](=O)[O-])cc1[N+](=O)[O-]. The summed E-state index contributed by atoms with van der Waals surface area (Å²) in [6, 6.07) is 6.06. The molecular weight excluding hydrogens is 516 g/mol. The van der Waals surface area contributed by atoms with Gasteiger partial charge in [-0.25, -0.2) is 0 Å². The average Bonchev–Trinajstić information content (AvgIpc) is 2.87. The number of carbonyl (C=O) groups excluding carboxylic acids is 2. The second-order valence-corrected chi connectivity index (χ2v) is 7.23. The van der Waals surface area contributed by atoms with Crippen molar-refractivity contribution < 1.29 is 38.8 Å². The van der Waals surface area contributed by atoms with Gasteiger partial charge >= 0.3 is 11.9 Å². The van der Waals surface area contributed by atoms with E-state index < -0.39 is 54.4 Å². The highest BCUT2D eigenvalue weighted by Gasteiger charge is 2.20. The molecular formula is C20H20N6O12. The van der Waals surface area contributed by atoms with E-state index in [1.807, 2.05) is 0 Å². The van der Waals surface area contributed by atoms with Crippen LogP contribution in [0.5, 0.6) is 0 Å². The first-order chi connectivity index (χ1) is 18.0. The van der Waals surface area contributed by atoms with Gasteiger partial charge in [0.2, 0.25) is 0 Å². The van der Waals surface area contributed by atoms with Gasteiger partial charge in [-0.1, -0.05) is 0 Å². The summed E-state index contributed by atoms with van der Waals surface area (Å²) in [6.07, 6.45) is -0.643. The van der Waals surface area contributed by atoms with Gasteiger partial charge in [0.05, 0.1) is 44.7 Å². The molecule has 2 rings (SSSR count). The molecule has 0 amide bonds. The third-order valence-corrected chi connectivity index (χ3v) is 4.67. The second kappa shape index (κ2) is 13.6. The Kier molecular flexibility index (Phi) is 10.3. The number of benzene rings is 2. The van der Waals surface area contributed by atoms with E-state index in [0.717, 1.165) is 36.4 Å². The molecule has 0 heterocycles. The normalized spacial score (nSPS) is 10.2. The number of ether oxygens (including phenoxy) is 2. The molecule has 0 spiro atoms. The van der Waals surface area contributed by atoms with Crippen molar-refractivity contribution in [2.75, 3.05) is 36.9 Å². The van der Waals surface area contributed by atoms with Crippen molar-refractivity contribution in [1.29, 1.82) is 0 Å². The Morgan fingerprint density at radius 3 is 1.32 bits per heavy atom. The predicted molar refractivity (Wildman–Crippen MR) is 128 cm³/mol. The fourth-order valence-electron chi connectivity index (χ4n) is 2.92. The van der Waals surface area contributed by atoms with Crippen molar-refractivity contribution in [3.63, 3.8) is 0 Å². The van der Waals surface area contributed by atoms with Gasteiger partial charge in [0, 0.05) is 25.2 Å². The van der Waals surface area contributed by atoms with Gasteiger partial charge in [-0.3, -0.25) is 50.0 Å². The Balaban J connectivity index is 1.68. The van der Waals surface area contributed by atoms with Crippen LogP contribution in [0.15, 0.2) is 36.4 Å². The molecule has 18 heteroatoms. The monoisotopic (exact) mass is 536 g/mol. The highest BCUT2D eigenvalue weighted by molar-refractivity contribution is 5.77. The summed E-state index contributed by atoms with van der Waals surface area (Å²) in [5.74, 6) is -1.50. The van der Waals surface area contributed by atoms with E-state index in [9.17, 15) is 50.0 Å². The van der Waals surface area contributed by atoms with E-state index in [1.165, 1.54) is 0 Å². The lowest BCUT2D eigenvalue weighted by Crippen LogP contribution is -2.17. The summed E-state index contributed by atoms with van der Waals surface area (Å²) in [6.45, 7) is -0.509. The Morgan fingerprint density at radius 1 is 0.632 bits per heavy atom. The lowest BCUT2D eigenvalue weighted by molar-refractivity contribution is -0.393. The van der Waals surface area contributed by atoms with E-state index in [2.05, 4.69) is 10.6 Å². The number of carbonyl (C=O) groups is 2. The maximum absolute atomic E-state index is 11.8. The number of nitrogens with zero attached hydrogens (tertiary/aromatic N) is 4. The smallest absolute Gasteiger partial charge is 0.306 e. The quantitative estimate of drug-likeness (QED) is 0.144. The molecule has 2 aromatic carbocycles. The van der Waals surface area contributed by atoms with Gasteiger partial charge in [-0.15, -0.1) is 0 Å². The minimum atomic E-state index is -0.796. The van der Waals surface area contributed by atoms with E-state index in [-0.39, 0.29) is 50.5 Å². The maximum Gasteiger partial charge on any atom is 0.306 e. The third kappa shape index (κ3) is 8.66. The highest BCUT2D eigenvalue weighted by Crippen LogP contribution is 2.29. The molecule has 0 radical (unpaired) electrons. The zero-order valence-corrected chi connectivity index (χ0v) is 19.4. The van der Waals surface area contributed by atoms with Crippen LogP contribution in [0.3, 0.4) is 0 Å². The van der Waals surface area contributed by atoms with Crippen LogP contribution in [-0.2, 0) is 19.1 Å². The Bertz CT molecular complexity index is 1160. The number of esters is 2. The van der Waals surface area contributed by atoms with Gasteiger partial charge in [0.25, 0.3) is 22.7 Å². The molecule has 0 unspecified atom stereocenters. The fraction of sp³-hybridized carbons (Fsp3) is 0.300. The maximum atomic E-state index is 11.8. The second-order valence-electron chi connectivity index (χ2n) is 7.23. The third-order valence-electron chi connectivity index (χ3n) is 4.67. The van der Waals surface area contributed by atoms with Crippen LogP contribution in [0.2, 0.25) is 0 Å². The van der Waals surface area contributed by atoms with Crippen LogP contribution in [0, 0.1) is 40.5 Å². The summed E-state index contributed by atoms with van der Waals surface area (Å²) in [5.41, 5.74) is -1.97.